The van der Waals surface area contributed by atoms with Crippen LogP contribution in [0.5, 0.6) is 0 Å². The molecule has 5 heteroatoms. The number of amides is 1. The molecule has 0 aliphatic heterocycles. The lowest BCUT2D eigenvalue weighted by Gasteiger charge is -2.10. The maximum Gasteiger partial charge on any atom is 0.265 e. The smallest absolute Gasteiger partial charge is 0.265 e. The van der Waals surface area contributed by atoms with E-state index in [4.69, 9.17) is 5.73 Å². The molecule has 0 spiro atoms. The zero-order chi connectivity index (χ0) is 19.7. The zero-order valence-corrected chi connectivity index (χ0v) is 16.5. The van der Waals surface area contributed by atoms with Crippen molar-refractivity contribution in [2.45, 2.75) is 26.2 Å². The molecule has 28 heavy (non-hydrogen) atoms. The van der Waals surface area contributed by atoms with Crippen molar-refractivity contribution in [3.8, 4) is 10.4 Å². The summed E-state index contributed by atoms with van der Waals surface area (Å²) in [5.74, 6) is 0.525. The van der Waals surface area contributed by atoms with Gasteiger partial charge in [0.1, 0.15) is 0 Å². The van der Waals surface area contributed by atoms with Gasteiger partial charge in [-0.05, 0) is 67.1 Å². The van der Waals surface area contributed by atoms with Crippen LogP contribution in [-0.4, -0.2) is 11.7 Å². The number of thiophene rings is 1. The van der Waals surface area contributed by atoms with Crippen LogP contribution in [0.4, 0.5) is 11.4 Å². The molecule has 1 amide bonds. The molecule has 1 fully saturated rings. The van der Waals surface area contributed by atoms with Crippen LogP contribution in [-0.2, 0) is 0 Å². The number of anilines is 2. The summed E-state index contributed by atoms with van der Waals surface area (Å²) in [5.41, 5.74) is 9.83. The van der Waals surface area contributed by atoms with Crippen LogP contribution >= 0.6 is 11.3 Å². The van der Waals surface area contributed by atoms with Gasteiger partial charge in [0.15, 0.2) is 5.78 Å². The van der Waals surface area contributed by atoms with Gasteiger partial charge in [0.25, 0.3) is 5.91 Å². The van der Waals surface area contributed by atoms with Crippen molar-refractivity contribution in [1.82, 2.24) is 0 Å². The van der Waals surface area contributed by atoms with E-state index in [1.807, 2.05) is 55.5 Å². The quantitative estimate of drug-likeness (QED) is 0.429. The normalized spacial score (nSPS) is 13.3. The van der Waals surface area contributed by atoms with E-state index in [9.17, 15) is 9.59 Å². The number of ketones is 1. The Balaban J connectivity index is 1.51. The molecule has 1 heterocycles. The third-order valence-electron chi connectivity index (χ3n) is 4.98. The van der Waals surface area contributed by atoms with Gasteiger partial charge in [-0.25, -0.2) is 0 Å². The summed E-state index contributed by atoms with van der Waals surface area (Å²) in [4.78, 5) is 26.7. The minimum absolute atomic E-state index is 0.151. The summed E-state index contributed by atoms with van der Waals surface area (Å²) < 4.78 is 0. The molecule has 3 aromatic rings. The second-order valence-corrected chi connectivity index (χ2v) is 8.43. The van der Waals surface area contributed by atoms with E-state index in [1.54, 1.807) is 6.07 Å². The fourth-order valence-corrected chi connectivity index (χ4v) is 4.02. The Bertz CT molecular complexity index is 1050. The number of nitrogens with two attached hydrogens (primary N) is 1. The second kappa shape index (κ2) is 7.60. The number of benzene rings is 2. The largest absolute Gasteiger partial charge is 0.399 e. The van der Waals surface area contributed by atoms with Gasteiger partial charge in [0, 0.05) is 28.2 Å². The molecular formula is C23H22N2O2S. The first-order valence-corrected chi connectivity index (χ1v) is 10.2. The topological polar surface area (TPSA) is 72.2 Å². The van der Waals surface area contributed by atoms with Crippen molar-refractivity contribution in [3.63, 3.8) is 0 Å². The number of carbonyl (C=O) groups is 2. The number of hydrogen-bond acceptors (Lipinski definition) is 4. The minimum atomic E-state index is -0.171. The van der Waals surface area contributed by atoms with Gasteiger partial charge in [-0.2, -0.15) is 0 Å². The Hall–Kier alpha value is -2.92. The standard InChI is InChI=1S/C23H22N2O2S/c1-14-5-8-16(20(26)11-15-6-7-15)13-19(14)25-23(27)22-10-9-21(28-22)17-3-2-4-18(24)12-17/h2-5,8-10,12-13,15H,6-7,11,24H2,1H3,(H,25,27). The molecule has 4 rings (SSSR count). The molecule has 0 unspecified atom stereocenters. The molecule has 1 aliphatic rings. The third-order valence-corrected chi connectivity index (χ3v) is 6.11. The predicted molar refractivity (Wildman–Crippen MR) is 115 cm³/mol. The lowest BCUT2D eigenvalue weighted by atomic mass is 10.0. The molecule has 3 N–H and O–H groups in total. The molecule has 0 bridgehead atoms. The first kappa shape index (κ1) is 18.4. The van der Waals surface area contributed by atoms with Crippen LogP contribution in [0.15, 0.2) is 54.6 Å². The van der Waals surface area contributed by atoms with Crippen molar-refractivity contribution in [2.24, 2.45) is 5.92 Å². The Labute approximate surface area is 168 Å². The van der Waals surface area contributed by atoms with Gasteiger partial charge in [-0.1, -0.05) is 24.3 Å². The summed E-state index contributed by atoms with van der Waals surface area (Å²) in [6.07, 6.45) is 2.90. The van der Waals surface area contributed by atoms with Crippen molar-refractivity contribution in [1.29, 1.82) is 0 Å². The highest BCUT2D eigenvalue weighted by molar-refractivity contribution is 7.17. The number of Topliss-reactive ketones (excluding diaryl/α,β-unsaturated/α-hetero) is 1. The molecule has 1 aliphatic carbocycles. The second-order valence-electron chi connectivity index (χ2n) is 7.34. The fourth-order valence-electron chi connectivity index (χ4n) is 3.12. The van der Waals surface area contributed by atoms with Crippen LogP contribution in [0.3, 0.4) is 0 Å². The van der Waals surface area contributed by atoms with Crippen LogP contribution in [0.25, 0.3) is 10.4 Å². The molecule has 4 nitrogen and oxygen atoms in total. The number of carbonyl (C=O) groups excluding carboxylic acids is 2. The highest BCUT2D eigenvalue weighted by Crippen LogP contribution is 2.34. The summed E-state index contributed by atoms with van der Waals surface area (Å²) in [6.45, 7) is 1.93. The van der Waals surface area contributed by atoms with Crippen molar-refractivity contribution in [3.05, 3.63) is 70.6 Å². The van der Waals surface area contributed by atoms with Gasteiger partial charge in [0.05, 0.1) is 4.88 Å². The predicted octanol–water partition coefficient (Wildman–Crippen LogP) is 5.54. The first-order valence-electron chi connectivity index (χ1n) is 9.40. The fraction of sp³-hybridized carbons (Fsp3) is 0.217. The number of nitrogens with one attached hydrogen (secondary N) is 1. The van der Waals surface area contributed by atoms with E-state index in [2.05, 4.69) is 5.32 Å². The summed E-state index contributed by atoms with van der Waals surface area (Å²) in [5, 5.41) is 2.96. The Morgan fingerprint density at radius 3 is 2.68 bits per heavy atom. The molecule has 0 atom stereocenters. The Morgan fingerprint density at radius 2 is 1.93 bits per heavy atom. The number of nitrogen functional groups attached to an aromatic ring is 1. The summed E-state index contributed by atoms with van der Waals surface area (Å²) >= 11 is 1.42. The van der Waals surface area contributed by atoms with Crippen molar-refractivity contribution in [2.75, 3.05) is 11.1 Å². The van der Waals surface area contributed by atoms with E-state index in [-0.39, 0.29) is 11.7 Å². The van der Waals surface area contributed by atoms with E-state index in [0.717, 1.165) is 28.8 Å². The highest BCUT2D eigenvalue weighted by Gasteiger charge is 2.25. The summed E-state index contributed by atoms with van der Waals surface area (Å²) in [6, 6.07) is 16.9. The van der Waals surface area contributed by atoms with E-state index in [0.29, 0.717) is 34.2 Å². The monoisotopic (exact) mass is 390 g/mol. The van der Waals surface area contributed by atoms with Gasteiger partial charge < -0.3 is 11.1 Å². The lowest BCUT2D eigenvalue weighted by Crippen LogP contribution is -2.12. The van der Waals surface area contributed by atoms with Crippen molar-refractivity contribution < 1.29 is 9.59 Å². The van der Waals surface area contributed by atoms with Crippen molar-refractivity contribution >= 4 is 34.4 Å². The first-order chi connectivity index (χ1) is 13.5. The minimum Gasteiger partial charge on any atom is -0.399 e. The van der Waals surface area contributed by atoms with Crippen LogP contribution in [0.2, 0.25) is 0 Å². The van der Waals surface area contributed by atoms with E-state index >= 15 is 0 Å². The van der Waals surface area contributed by atoms with Crippen LogP contribution in [0, 0.1) is 12.8 Å². The third kappa shape index (κ3) is 4.15. The zero-order valence-electron chi connectivity index (χ0n) is 15.7. The van der Waals surface area contributed by atoms with E-state index < -0.39 is 0 Å². The van der Waals surface area contributed by atoms with Gasteiger partial charge in [0.2, 0.25) is 0 Å². The Morgan fingerprint density at radius 1 is 1.11 bits per heavy atom. The number of rotatable bonds is 6. The summed E-state index contributed by atoms with van der Waals surface area (Å²) in [7, 11) is 0. The van der Waals surface area contributed by atoms with E-state index in [1.165, 1.54) is 11.3 Å². The molecule has 142 valence electrons. The maximum atomic E-state index is 12.7. The molecule has 0 radical (unpaired) electrons. The molecular weight excluding hydrogens is 368 g/mol. The van der Waals surface area contributed by atoms with Crippen LogP contribution < -0.4 is 11.1 Å². The number of hydrogen-bond donors (Lipinski definition) is 2. The number of aryl methyl sites for hydroxylation is 1. The van der Waals surface area contributed by atoms with Crippen LogP contribution in [0.1, 0.15) is 44.9 Å². The SMILES string of the molecule is Cc1ccc(C(=O)CC2CC2)cc1NC(=O)c1ccc(-c2cccc(N)c2)s1. The molecule has 1 saturated carbocycles. The molecule has 0 saturated heterocycles. The molecule has 1 aromatic heterocycles. The molecule has 2 aromatic carbocycles. The Kier molecular flexibility index (Phi) is 5.01. The lowest BCUT2D eigenvalue weighted by molar-refractivity contribution is 0.0974. The average molecular weight is 391 g/mol. The average Bonchev–Trinajstić information content (AvgIpc) is 3.34. The maximum absolute atomic E-state index is 12.7. The van der Waals surface area contributed by atoms with Gasteiger partial charge >= 0.3 is 0 Å². The van der Waals surface area contributed by atoms with Gasteiger partial charge in [-0.3, -0.25) is 9.59 Å². The highest BCUT2D eigenvalue weighted by atomic mass is 32.1. The van der Waals surface area contributed by atoms with Gasteiger partial charge in [-0.15, -0.1) is 11.3 Å².